The molecule has 0 unspecified atom stereocenters. The molecule has 0 fully saturated rings. The van der Waals surface area contributed by atoms with Gasteiger partial charge < -0.3 is 14.7 Å². The van der Waals surface area contributed by atoms with Gasteiger partial charge in [-0.1, -0.05) is 43.3 Å². The number of rotatable bonds is 8. The van der Waals surface area contributed by atoms with Crippen LogP contribution in [0.15, 0.2) is 33.8 Å². The van der Waals surface area contributed by atoms with Gasteiger partial charge in [0.1, 0.15) is 0 Å². The predicted molar refractivity (Wildman–Crippen MR) is 121 cm³/mol. The maximum Gasteiger partial charge on any atom is 0.226 e. The van der Waals surface area contributed by atoms with Crippen LogP contribution < -0.4 is 5.32 Å². The molecule has 0 bridgehead atoms. The van der Waals surface area contributed by atoms with Gasteiger partial charge in [0, 0.05) is 39.0 Å². The summed E-state index contributed by atoms with van der Waals surface area (Å²) in [6.07, 6.45) is 1.64. The quantitative estimate of drug-likeness (QED) is 0.264. The van der Waals surface area contributed by atoms with Gasteiger partial charge in [-0.3, -0.25) is 4.99 Å². The second-order valence-electron chi connectivity index (χ2n) is 6.82. The third-order valence-electron chi connectivity index (χ3n) is 4.18. The number of guanidine groups is 1. The zero-order valence-electron chi connectivity index (χ0n) is 17.0. The van der Waals surface area contributed by atoms with E-state index < -0.39 is 0 Å². The van der Waals surface area contributed by atoms with Gasteiger partial charge in [-0.05, 0) is 31.4 Å². The first-order valence-electron chi connectivity index (χ1n) is 9.37. The highest BCUT2D eigenvalue weighted by Gasteiger charge is 2.10. The molecule has 0 amide bonds. The van der Waals surface area contributed by atoms with Crippen LogP contribution in [0.1, 0.15) is 56.0 Å². The molecule has 6 nitrogen and oxygen atoms in total. The van der Waals surface area contributed by atoms with Crippen molar-refractivity contribution in [2.24, 2.45) is 4.99 Å². The highest BCUT2D eigenvalue weighted by molar-refractivity contribution is 14.0. The number of nitrogens with zero attached hydrogens (tertiary/aromatic N) is 4. The van der Waals surface area contributed by atoms with Crippen molar-refractivity contribution in [3.05, 3.63) is 47.1 Å². The summed E-state index contributed by atoms with van der Waals surface area (Å²) in [6, 6.07) is 8.46. The Morgan fingerprint density at radius 2 is 2.04 bits per heavy atom. The molecule has 150 valence electrons. The summed E-state index contributed by atoms with van der Waals surface area (Å²) in [5.41, 5.74) is 2.61. The molecule has 0 spiro atoms. The van der Waals surface area contributed by atoms with Crippen LogP contribution in [0.2, 0.25) is 0 Å². The lowest BCUT2D eigenvalue weighted by Gasteiger charge is -2.23. The summed E-state index contributed by atoms with van der Waals surface area (Å²) in [4.78, 5) is 11.3. The molecule has 0 aliphatic heterocycles. The van der Waals surface area contributed by atoms with E-state index in [1.165, 1.54) is 11.1 Å². The fourth-order valence-electron chi connectivity index (χ4n) is 2.61. The minimum atomic E-state index is 0. The highest BCUT2D eigenvalue weighted by Crippen LogP contribution is 2.11. The van der Waals surface area contributed by atoms with Crippen molar-refractivity contribution in [3.63, 3.8) is 0 Å². The van der Waals surface area contributed by atoms with Gasteiger partial charge in [0.15, 0.2) is 11.8 Å². The Morgan fingerprint density at radius 1 is 1.30 bits per heavy atom. The molecule has 1 heterocycles. The van der Waals surface area contributed by atoms with E-state index in [4.69, 9.17) is 9.52 Å². The summed E-state index contributed by atoms with van der Waals surface area (Å²) in [6.45, 7) is 10.8. The van der Waals surface area contributed by atoms with Crippen LogP contribution >= 0.6 is 24.0 Å². The zero-order valence-corrected chi connectivity index (χ0v) is 19.4. The number of aryl methyl sites for hydroxylation is 2. The smallest absolute Gasteiger partial charge is 0.226 e. The molecule has 0 aliphatic carbocycles. The zero-order chi connectivity index (χ0) is 18.9. The molecule has 1 aromatic heterocycles. The highest BCUT2D eigenvalue weighted by atomic mass is 127. The molecule has 2 aromatic rings. The molecule has 7 heteroatoms. The lowest BCUT2D eigenvalue weighted by atomic mass is 10.1. The van der Waals surface area contributed by atoms with E-state index >= 15 is 0 Å². The van der Waals surface area contributed by atoms with Crippen molar-refractivity contribution in [2.45, 2.75) is 53.0 Å². The van der Waals surface area contributed by atoms with E-state index in [9.17, 15) is 0 Å². The third-order valence-corrected chi connectivity index (χ3v) is 4.18. The monoisotopic (exact) mass is 485 g/mol. The van der Waals surface area contributed by atoms with Crippen molar-refractivity contribution < 1.29 is 4.52 Å². The van der Waals surface area contributed by atoms with Crippen LogP contribution in [0.4, 0.5) is 0 Å². The van der Waals surface area contributed by atoms with Crippen LogP contribution in [0, 0.1) is 6.92 Å². The molecule has 27 heavy (non-hydrogen) atoms. The first-order valence-corrected chi connectivity index (χ1v) is 9.37. The van der Waals surface area contributed by atoms with Crippen LogP contribution in [-0.4, -0.2) is 41.1 Å². The van der Waals surface area contributed by atoms with Crippen LogP contribution in [0.5, 0.6) is 0 Å². The fraction of sp³-hybridized carbons (Fsp3) is 0.550. The van der Waals surface area contributed by atoms with Crippen molar-refractivity contribution in [1.29, 1.82) is 0 Å². The Morgan fingerprint density at radius 3 is 2.67 bits per heavy atom. The third kappa shape index (κ3) is 7.48. The van der Waals surface area contributed by atoms with Gasteiger partial charge in [0.05, 0.1) is 0 Å². The number of halogens is 1. The Kier molecular flexibility index (Phi) is 10.4. The number of aromatic nitrogens is 2. The summed E-state index contributed by atoms with van der Waals surface area (Å²) in [7, 11) is 2.07. The van der Waals surface area contributed by atoms with E-state index in [2.05, 4.69) is 79.4 Å². The average molecular weight is 485 g/mol. The predicted octanol–water partition coefficient (Wildman–Crippen LogP) is 4.15. The largest absolute Gasteiger partial charge is 0.357 e. The van der Waals surface area contributed by atoms with Gasteiger partial charge in [-0.15, -0.1) is 24.0 Å². The molecule has 2 rings (SSSR count). The van der Waals surface area contributed by atoms with E-state index in [-0.39, 0.29) is 24.0 Å². The lowest BCUT2D eigenvalue weighted by molar-refractivity contribution is 0.369. The number of aliphatic imine (C=N–C) groups is 1. The topological polar surface area (TPSA) is 66.5 Å². The van der Waals surface area contributed by atoms with Crippen LogP contribution in [0.25, 0.3) is 0 Å². The van der Waals surface area contributed by atoms with Gasteiger partial charge in [-0.25, -0.2) is 0 Å². The van der Waals surface area contributed by atoms with E-state index in [0.717, 1.165) is 44.3 Å². The van der Waals surface area contributed by atoms with E-state index in [0.29, 0.717) is 11.8 Å². The first-order chi connectivity index (χ1) is 12.5. The fourth-order valence-corrected chi connectivity index (χ4v) is 2.61. The summed E-state index contributed by atoms with van der Waals surface area (Å²) < 4.78 is 5.28. The van der Waals surface area contributed by atoms with E-state index in [1.807, 2.05) is 0 Å². The second-order valence-corrected chi connectivity index (χ2v) is 6.82. The van der Waals surface area contributed by atoms with Crippen molar-refractivity contribution >= 4 is 29.9 Å². The maximum atomic E-state index is 5.28. The molecular weight excluding hydrogens is 453 g/mol. The maximum absolute atomic E-state index is 5.28. The average Bonchev–Trinajstić information content (AvgIpc) is 3.09. The summed E-state index contributed by atoms with van der Waals surface area (Å²) in [5, 5.41) is 7.36. The SMILES string of the molecule is CCNC(=NCCCc1nc(C(C)C)no1)N(C)Cc1ccccc1C.I. The van der Waals surface area contributed by atoms with Gasteiger partial charge in [0.2, 0.25) is 5.89 Å². The molecule has 1 N–H and O–H groups in total. The van der Waals surface area contributed by atoms with Gasteiger partial charge in [0.25, 0.3) is 0 Å². The minimum Gasteiger partial charge on any atom is -0.357 e. The Bertz CT molecular complexity index is 714. The van der Waals surface area contributed by atoms with Gasteiger partial charge >= 0.3 is 0 Å². The molecule has 0 atom stereocenters. The molecule has 0 saturated heterocycles. The first kappa shape index (κ1) is 23.4. The standard InChI is InChI=1S/C20H31N5O.HI/c1-6-21-20(25(5)14-17-11-8-7-10-16(17)4)22-13-9-12-18-23-19(15(2)3)24-26-18;/h7-8,10-11,15H,6,9,12-14H2,1-5H3,(H,21,22);1H. The van der Waals surface area contributed by atoms with Crippen LogP contribution in [-0.2, 0) is 13.0 Å². The van der Waals surface area contributed by atoms with E-state index in [1.54, 1.807) is 0 Å². The lowest BCUT2D eigenvalue weighted by Crippen LogP contribution is -2.38. The molecule has 0 radical (unpaired) electrons. The summed E-state index contributed by atoms with van der Waals surface area (Å²) >= 11 is 0. The Hall–Kier alpha value is -1.64. The summed E-state index contributed by atoms with van der Waals surface area (Å²) in [5.74, 6) is 2.68. The molecule has 0 aliphatic rings. The number of hydrogen-bond acceptors (Lipinski definition) is 4. The Balaban J connectivity index is 0.00000364. The second kappa shape index (κ2) is 11.9. The number of benzene rings is 1. The van der Waals surface area contributed by atoms with Crippen LogP contribution in [0.3, 0.4) is 0 Å². The van der Waals surface area contributed by atoms with Crippen molar-refractivity contribution in [1.82, 2.24) is 20.4 Å². The van der Waals surface area contributed by atoms with Crippen molar-refractivity contribution in [2.75, 3.05) is 20.1 Å². The molecule has 0 saturated carbocycles. The minimum absolute atomic E-state index is 0. The van der Waals surface area contributed by atoms with Gasteiger partial charge in [-0.2, -0.15) is 4.98 Å². The molecular formula is C20H32IN5O. The normalized spacial score (nSPS) is 11.4. The number of hydrogen-bond donors (Lipinski definition) is 1. The molecule has 1 aromatic carbocycles. The number of nitrogens with one attached hydrogen (secondary N) is 1. The van der Waals surface area contributed by atoms with Crippen molar-refractivity contribution in [3.8, 4) is 0 Å². The Labute approximate surface area is 179 Å².